The Kier molecular flexibility index (Phi) is 3.54. The van der Waals surface area contributed by atoms with Crippen LogP contribution in [0.3, 0.4) is 0 Å². The molecule has 114 valence electrons. The van der Waals surface area contributed by atoms with Gasteiger partial charge >= 0.3 is 0 Å². The fourth-order valence-corrected chi connectivity index (χ4v) is 2.09. The number of amides is 1. The maximum Gasteiger partial charge on any atom is 0.260 e. The second kappa shape index (κ2) is 5.51. The second-order valence-corrected chi connectivity index (χ2v) is 5.15. The number of ether oxygens (including phenoxy) is 1. The summed E-state index contributed by atoms with van der Waals surface area (Å²) in [6, 6.07) is 7.46. The number of hydrogen-bond donors (Lipinski definition) is 2. The average Bonchev–Trinajstić information content (AvgIpc) is 3.24. The molecule has 3 N–H and O–H groups in total. The van der Waals surface area contributed by atoms with Gasteiger partial charge in [-0.1, -0.05) is 0 Å². The van der Waals surface area contributed by atoms with Crippen molar-refractivity contribution in [1.82, 2.24) is 9.97 Å². The van der Waals surface area contributed by atoms with Crippen LogP contribution >= 0.6 is 0 Å². The molecular formula is C15H17N5O2. The average molecular weight is 299 g/mol. The van der Waals surface area contributed by atoms with E-state index in [0.717, 1.165) is 12.3 Å². The summed E-state index contributed by atoms with van der Waals surface area (Å²) >= 11 is 0. The first kappa shape index (κ1) is 14.1. The molecule has 0 saturated carbocycles. The highest BCUT2D eigenvalue weighted by Crippen LogP contribution is 2.25. The highest BCUT2D eigenvalue weighted by molar-refractivity contribution is 6.07. The Morgan fingerprint density at radius 2 is 2.09 bits per heavy atom. The van der Waals surface area contributed by atoms with E-state index in [1.807, 2.05) is 4.90 Å². The minimum Gasteiger partial charge on any atom is -0.497 e. The van der Waals surface area contributed by atoms with E-state index >= 15 is 0 Å². The maximum absolute atomic E-state index is 12.2. The Balaban J connectivity index is 1.73. The van der Waals surface area contributed by atoms with Crippen LogP contribution < -0.4 is 20.7 Å². The molecule has 1 aliphatic heterocycles. The first-order chi connectivity index (χ1) is 10.6. The standard InChI is InChI=1S/C15H17N5O2/c1-9-8-20(9)15-17-7-12(13(16)19-15)14(21)18-10-3-5-11(22-2)6-4-10/h3-7,9H,8H2,1-2H3,(H,18,21)(H2,16,17,19). The van der Waals surface area contributed by atoms with Crippen molar-refractivity contribution >= 4 is 23.4 Å². The van der Waals surface area contributed by atoms with Crippen molar-refractivity contribution in [1.29, 1.82) is 0 Å². The molecule has 0 spiro atoms. The van der Waals surface area contributed by atoms with E-state index in [0.29, 0.717) is 17.7 Å². The van der Waals surface area contributed by atoms with Gasteiger partial charge in [0.05, 0.1) is 7.11 Å². The summed E-state index contributed by atoms with van der Waals surface area (Å²) in [6.07, 6.45) is 1.46. The minimum atomic E-state index is -0.340. The molecule has 1 saturated heterocycles. The van der Waals surface area contributed by atoms with E-state index in [-0.39, 0.29) is 17.3 Å². The molecule has 0 bridgehead atoms. The van der Waals surface area contributed by atoms with Crippen molar-refractivity contribution in [2.75, 3.05) is 29.6 Å². The fourth-order valence-electron chi connectivity index (χ4n) is 2.09. The lowest BCUT2D eigenvalue weighted by Crippen LogP contribution is -2.16. The zero-order chi connectivity index (χ0) is 15.7. The Bertz CT molecular complexity index is 702. The maximum atomic E-state index is 12.2. The SMILES string of the molecule is COc1ccc(NC(=O)c2cnc(N3CC3C)nc2N)cc1. The predicted molar refractivity (Wildman–Crippen MR) is 84.2 cm³/mol. The number of nitrogen functional groups attached to an aromatic ring is 1. The van der Waals surface area contributed by atoms with E-state index in [1.165, 1.54) is 6.20 Å². The first-order valence-corrected chi connectivity index (χ1v) is 6.93. The van der Waals surface area contributed by atoms with Crippen LogP contribution in [0.5, 0.6) is 5.75 Å². The van der Waals surface area contributed by atoms with Gasteiger partial charge in [-0.2, -0.15) is 4.98 Å². The van der Waals surface area contributed by atoms with Gasteiger partial charge in [0.15, 0.2) is 0 Å². The predicted octanol–water partition coefficient (Wildman–Crippen LogP) is 1.53. The number of aromatic nitrogens is 2. The number of carbonyl (C=O) groups is 1. The van der Waals surface area contributed by atoms with Crippen molar-refractivity contribution in [3.05, 3.63) is 36.0 Å². The third-order valence-electron chi connectivity index (χ3n) is 3.51. The number of benzene rings is 1. The van der Waals surface area contributed by atoms with Crippen molar-refractivity contribution in [2.45, 2.75) is 13.0 Å². The molecule has 7 heteroatoms. The zero-order valence-corrected chi connectivity index (χ0v) is 12.4. The molecule has 0 radical (unpaired) electrons. The molecular weight excluding hydrogens is 282 g/mol. The number of nitrogens with zero attached hydrogens (tertiary/aromatic N) is 3. The molecule has 2 heterocycles. The lowest BCUT2D eigenvalue weighted by atomic mass is 10.2. The van der Waals surface area contributed by atoms with Crippen molar-refractivity contribution in [3.8, 4) is 5.75 Å². The second-order valence-electron chi connectivity index (χ2n) is 5.15. The molecule has 0 aliphatic carbocycles. The monoisotopic (exact) mass is 299 g/mol. The molecule has 1 aromatic heterocycles. The van der Waals surface area contributed by atoms with Gasteiger partial charge in [-0.3, -0.25) is 4.79 Å². The molecule has 1 aliphatic rings. The number of hydrogen-bond acceptors (Lipinski definition) is 6. The summed E-state index contributed by atoms with van der Waals surface area (Å²) in [6.45, 7) is 2.99. The van der Waals surface area contributed by atoms with E-state index < -0.39 is 0 Å². The number of nitrogens with two attached hydrogens (primary N) is 1. The molecule has 7 nitrogen and oxygen atoms in total. The summed E-state index contributed by atoms with van der Waals surface area (Å²) in [7, 11) is 1.59. The number of methoxy groups -OCH3 is 1. The van der Waals surface area contributed by atoms with Crippen LogP contribution in [0.4, 0.5) is 17.5 Å². The van der Waals surface area contributed by atoms with Crippen molar-refractivity contribution in [2.24, 2.45) is 0 Å². The van der Waals surface area contributed by atoms with E-state index in [2.05, 4.69) is 22.2 Å². The third-order valence-corrected chi connectivity index (χ3v) is 3.51. The van der Waals surface area contributed by atoms with Crippen LogP contribution in [-0.4, -0.2) is 35.6 Å². The molecule has 1 unspecified atom stereocenters. The number of anilines is 3. The highest BCUT2D eigenvalue weighted by Gasteiger charge is 2.32. The summed E-state index contributed by atoms with van der Waals surface area (Å²) in [5.41, 5.74) is 6.78. The number of rotatable bonds is 4. The van der Waals surface area contributed by atoms with Gasteiger partial charge in [0.2, 0.25) is 5.95 Å². The van der Waals surface area contributed by atoms with Gasteiger partial charge < -0.3 is 20.7 Å². The Morgan fingerprint density at radius 3 is 2.64 bits per heavy atom. The summed E-state index contributed by atoms with van der Waals surface area (Å²) in [4.78, 5) is 22.6. The van der Waals surface area contributed by atoms with E-state index in [1.54, 1.807) is 31.4 Å². The molecule has 1 amide bonds. The van der Waals surface area contributed by atoms with Gasteiger partial charge in [-0.15, -0.1) is 0 Å². The minimum absolute atomic E-state index is 0.176. The lowest BCUT2D eigenvalue weighted by molar-refractivity contribution is 0.102. The molecule has 22 heavy (non-hydrogen) atoms. The lowest BCUT2D eigenvalue weighted by Gasteiger charge is -2.09. The molecule has 3 rings (SSSR count). The van der Waals surface area contributed by atoms with Crippen molar-refractivity contribution < 1.29 is 9.53 Å². The fraction of sp³-hybridized carbons (Fsp3) is 0.267. The quantitative estimate of drug-likeness (QED) is 0.832. The molecule has 2 aromatic rings. The van der Waals surface area contributed by atoms with Crippen LogP contribution in [0.25, 0.3) is 0 Å². The normalized spacial score (nSPS) is 16.3. The largest absolute Gasteiger partial charge is 0.497 e. The van der Waals surface area contributed by atoms with Crippen LogP contribution in [0, 0.1) is 0 Å². The Hall–Kier alpha value is -2.83. The smallest absolute Gasteiger partial charge is 0.260 e. The summed E-state index contributed by atoms with van der Waals surface area (Å²) in [5.74, 6) is 1.12. The van der Waals surface area contributed by atoms with Crippen LogP contribution in [0.2, 0.25) is 0 Å². The van der Waals surface area contributed by atoms with Crippen LogP contribution in [0.15, 0.2) is 30.5 Å². The zero-order valence-electron chi connectivity index (χ0n) is 12.4. The van der Waals surface area contributed by atoms with Gasteiger partial charge in [0.1, 0.15) is 17.1 Å². The third kappa shape index (κ3) is 2.78. The number of carbonyl (C=O) groups excluding carboxylic acids is 1. The highest BCUT2D eigenvalue weighted by atomic mass is 16.5. The molecule has 1 fully saturated rings. The number of nitrogens with one attached hydrogen (secondary N) is 1. The van der Waals surface area contributed by atoms with Gasteiger partial charge in [0.25, 0.3) is 5.91 Å². The van der Waals surface area contributed by atoms with Gasteiger partial charge in [-0.25, -0.2) is 4.98 Å². The topological polar surface area (TPSA) is 93.1 Å². The Labute approximate surface area is 128 Å². The van der Waals surface area contributed by atoms with Crippen LogP contribution in [-0.2, 0) is 0 Å². The van der Waals surface area contributed by atoms with Crippen molar-refractivity contribution in [3.63, 3.8) is 0 Å². The summed E-state index contributed by atoms with van der Waals surface area (Å²) in [5, 5.41) is 2.76. The Morgan fingerprint density at radius 1 is 1.41 bits per heavy atom. The van der Waals surface area contributed by atoms with Gasteiger partial charge in [0, 0.05) is 24.5 Å². The van der Waals surface area contributed by atoms with E-state index in [4.69, 9.17) is 10.5 Å². The molecule has 1 aromatic carbocycles. The van der Waals surface area contributed by atoms with E-state index in [9.17, 15) is 4.79 Å². The molecule has 1 atom stereocenters. The first-order valence-electron chi connectivity index (χ1n) is 6.93. The summed E-state index contributed by atoms with van der Waals surface area (Å²) < 4.78 is 5.07. The van der Waals surface area contributed by atoms with Crippen LogP contribution in [0.1, 0.15) is 17.3 Å². The van der Waals surface area contributed by atoms with Gasteiger partial charge in [-0.05, 0) is 31.2 Å².